The fourth-order valence-electron chi connectivity index (χ4n) is 1.37. The Bertz CT molecular complexity index is 688. The number of amides is 1. The van der Waals surface area contributed by atoms with Gasteiger partial charge in [-0.1, -0.05) is 6.08 Å². The Kier molecular flexibility index (Phi) is 10.4. The van der Waals surface area contributed by atoms with Crippen LogP contribution >= 0.6 is 7.60 Å². The van der Waals surface area contributed by atoms with E-state index in [1.807, 2.05) is 0 Å². The van der Waals surface area contributed by atoms with Crippen LogP contribution in [-0.2, 0) is 37.5 Å². The second-order valence-electron chi connectivity index (χ2n) is 8.17. The van der Waals surface area contributed by atoms with E-state index in [-0.39, 0.29) is 0 Å². The molecule has 0 aliphatic carbocycles. The van der Waals surface area contributed by atoms with Gasteiger partial charge < -0.3 is 9.47 Å². The Hall–Kier alpha value is -1.95. The number of alkyl halides is 3. The van der Waals surface area contributed by atoms with Gasteiger partial charge in [0.1, 0.15) is 0 Å². The second kappa shape index (κ2) is 11.1. The highest BCUT2D eigenvalue weighted by atomic mass is 31.2. The molecule has 0 rings (SSSR count). The van der Waals surface area contributed by atoms with Crippen LogP contribution in [-0.4, -0.2) is 54.4 Å². The van der Waals surface area contributed by atoms with Crippen molar-refractivity contribution in [1.82, 2.24) is 5.06 Å². The molecule has 0 saturated heterocycles. The maximum Gasteiger partial charge on any atom is 0.473 e. The van der Waals surface area contributed by atoms with Gasteiger partial charge >= 0.3 is 31.6 Å². The van der Waals surface area contributed by atoms with Gasteiger partial charge in [-0.3, -0.25) is 33.2 Å². The Morgan fingerprint density at radius 3 is 1.61 bits per heavy atom. The fourth-order valence-corrected chi connectivity index (χ4v) is 2.37. The predicted octanol–water partition coefficient (Wildman–Crippen LogP) is 3.60. The van der Waals surface area contributed by atoms with Gasteiger partial charge in [0, 0.05) is 5.82 Å². The van der Waals surface area contributed by atoms with E-state index < -0.39 is 67.6 Å². The molecule has 0 atom stereocenters. The molecule has 0 aliphatic heterocycles. The van der Waals surface area contributed by atoms with Gasteiger partial charge in [-0.15, -0.1) is 0 Å². The van der Waals surface area contributed by atoms with Crippen molar-refractivity contribution in [3.8, 4) is 0 Å². The summed E-state index contributed by atoms with van der Waals surface area (Å²) >= 11 is 0. The van der Waals surface area contributed by atoms with Crippen LogP contribution in [0.4, 0.5) is 13.2 Å². The van der Waals surface area contributed by atoms with Crippen molar-refractivity contribution in [2.75, 3.05) is 20.1 Å². The van der Waals surface area contributed by atoms with Crippen molar-refractivity contribution < 1.29 is 55.8 Å². The maximum absolute atomic E-state index is 12.7. The molecule has 0 aromatic heterocycles. The first-order chi connectivity index (χ1) is 13.8. The molecular weight excluding hydrogens is 450 g/mol. The molecule has 1 amide bonds. The minimum atomic E-state index is -5.32. The van der Waals surface area contributed by atoms with Gasteiger partial charge in [0.05, 0.1) is 17.4 Å². The van der Waals surface area contributed by atoms with Crippen LogP contribution in [0.2, 0.25) is 0 Å². The lowest BCUT2D eigenvalue weighted by molar-refractivity contribution is -0.213. The summed E-state index contributed by atoms with van der Waals surface area (Å²) < 4.78 is 68.8. The molecule has 0 aliphatic rings. The van der Waals surface area contributed by atoms with Crippen molar-refractivity contribution in [3.63, 3.8) is 0 Å². The highest BCUT2D eigenvalue weighted by Crippen LogP contribution is 2.50. The van der Waals surface area contributed by atoms with Crippen molar-refractivity contribution >= 4 is 25.4 Å². The third kappa shape index (κ3) is 11.3. The Morgan fingerprint density at radius 2 is 1.29 bits per heavy atom. The lowest BCUT2D eigenvalue weighted by atomic mass is 9.98. The van der Waals surface area contributed by atoms with E-state index in [9.17, 15) is 32.1 Å². The largest absolute Gasteiger partial charge is 0.473 e. The lowest BCUT2D eigenvalue weighted by Gasteiger charge is -2.20. The summed E-state index contributed by atoms with van der Waals surface area (Å²) in [4.78, 5) is 34.3. The fraction of sp³-hybridized carbons (Fsp3) is 0.706. The number of halogens is 3. The summed E-state index contributed by atoms with van der Waals surface area (Å²) in [5.41, 5.74) is -1.80. The summed E-state index contributed by atoms with van der Waals surface area (Å²) in [5, 5.41) is 8.46. The molecule has 0 unspecified atom stereocenters. The number of ether oxygens (including phenoxy) is 2. The number of esters is 2. The van der Waals surface area contributed by atoms with Crippen molar-refractivity contribution in [1.29, 1.82) is 0 Å². The molecule has 180 valence electrons. The zero-order valence-corrected chi connectivity index (χ0v) is 18.9. The van der Waals surface area contributed by atoms with Gasteiger partial charge in [0.15, 0.2) is 0 Å². The first kappa shape index (κ1) is 29.1. The van der Waals surface area contributed by atoms with E-state index in [1.165, 1.54) is 0 Å². The van der Waals surface area contributed by atoms with E-state index in [1.54, 1.807) is 41.5 Å². The van der Waals surface area contributed by atoms with E-state index in [0.29, 0.717) is 11.9 Å². The van der Waals surface area contributed by atoms with Gasteiger partial charge in [-0.05, 0) is 41.5 Å². The molecular formula is C17H27F3NO9P. The van der Waals surface area contributed by atoms with Crippen LogP contribution in [0.1, 0.15) is 41.5 Å². The minimum Gasteiger partial charge on any atom is -0.438 e. The Morgan fingerprint density at radius 1 is 0.903 bits per heavy atom. The molecule has 0 spiro atoms. The van der Waals surface area contributed by atoms with Crippen LogP contribution in [0.15, 0.2) is 11.9 Å². The number of hydrogen-bond donors (Lipinski definition) is 1. The quantitative estimate of drug-likeness (QED) is 0.174. The zero-order chi connectivity index (χ0) is 24.7. The number of nitrogens with zero attached hydrogens (tertiary/aromatic N) is 1. The molecule has 0 heterocycles. The zero-order valence-electron chi connectivity index (χ0n) is 18.0. The maximum atomic E-state index is 12.7. The molecule has 0 fully saturated rings. The van der Waals surface area contributed by atoms with E-state index in [4.69, 9.17) is 23.7 Å². The smallest absolute Gasteiger partial charge is 0.438 e. The molecule has 0 saturated carbocycles. The summed E-state index contributed by atoms with van der Waals surface area (Å²) in [5.74, 6) is -3.35. The van der Waals surface area contributed by atoms with Crippen molar-refractivity contribution in [3.05, 3.63) is 11.9 Å². The highest BCUT2D eigenvalue weighted by molar-refractivity contribution is 7.57. The summed E-state index contributed by atoms with van der Waals surface area (Å²) in [6.07, 6.45) is -4.62. The second-order valence-corrected chi connectivity index (χ2v) is 10.1. The lowest BCUT2D eigenvalue weighted by Crippen LogP contribution is -2.38. The van der Waals surface area contributed by atoms with Crippen LogP contribution in [0, 0.1) is 10.8 Å². The van der Waals surface area contributed by atoms with Gasteiger partial charge in [0.2, 0.25) is 13.6 Å². The van der Waals surface area contributed by atoms with Gasteiger partial charge in [-0.2, -0.15) is 13.2 Å². The van der Waals surface area contributed by atoms with Crippen molar-refractivity contribution in [2.45, 2.75) is 47.7 Å². The normalized spacial score (nSPS) is 13.2. The standard InChI is InChI=1S/C17H27F3NO9P/c1-15(2,3)13(23)27-10-29-31(26,30-11-28-14(24)16(4,5)6)9-7-8-21(25)12(22)17(18,19)20/h7,9,25H,8,10-11H2,1-6H3/b9-7+. The number of rotatable bonds is 9. The van der Waals surface area contributed by atoms with Gasteiger partial charge in [0.25, 0.3) is 0 Å². The minimum absolute atomic E-state index is 0.621. The van der Waals surface area contributed by atoms with E-state index >= 15 is 0 Å². The first-order valence-electron chi connectivity index (χ1n) is 8.78. The van der Waals surface area contributed by atoms with Crippen LogP contribution in [0.5, 0.6) is 0 Å². The summed E-state index contributed by atoms with van der Waals surface area (Å²) in [6.45, 7) is 6.56. The Labute approximate surface area is 177 Å². The van der Waals surface area contributed by atoms with Crippen LogP contribution < -0.4 is 0 Å². The molecule has 0 aromatic rings. The average molecular weight is 477 g/mol. The molecule has 0 aromatic carbocycles. The molecule has 0 radical (unpaired) electrons. The molecule has 10 nitrogen and oxygen atoms in total. The SMILES string of the molecule is CC(C)(C)C(=O)OCOP(=O)(/C=C/CN(O)C(=O)C(F)(F)F)OCOC(=O)C(C)(C)C. The Balaban J connectivity index is 5.16. The number of hydroxylamine groups is 2. The third-order valence-corrected chi connectivity index (χ3v) is 4.62. The number of carbonyl (C=O) groups is 3. The third-order valence-electron chi connectivity index (χ3n) is 3.11. The molecule has 14 heteroatoms. The highest BCUT2D eigenvalue weighted by Gasteiger charge is 2.42. The topological polar surface area (TPSA) is 129 Å². The summed E-state index contributed by atoms with van der Waals surface area (Å²) in [7, 11) is -4.33. The van der Waals surface area contributed by atoms with E-state index in [0.717, 1.165) is 0 Å². The average Bonchev–Trinajstić information content (AvgIpc) is 2.58. The molecule has 31 heavy (non-hydrogen) atoms. The van der Waals surface area contributed by atoms with Gasteiger partial charge in [-0.25, -0.2) is 5.06 Å². The van der Waals surface area contributed by atoms with Crippen LogP contribution in [0.3, 0.4) is 0 Å². The monoisotopic (exact) mass is 477 g/mol. The predicted molar refractivity (Wildman–Crippen MR) is 99.3 cm³/mol. The van der Waals surface area contributed by atoms with Crippen molar-refractivity contribution in [2.24, 2.45) is 10.8 Å². The molecule has 1 N–H and O–H groups in total. The van der Waals surface area contributed by atoms with E-state index in [2.05, 4.69) is 0 Å². The number of carbonyl (C=O) groups excluding carboxylic acids is 3. The first-order valence-corrected chi connectivity index (χ1v) is 10.4. The molecule has 0 bridgehead atoms. The van der Waals surface area contributed by atoms with Crippen LogP contribution in [0.25, 0.3) is 0 Å². The number of hydrogen-bond acceptors (Lipinski definition) is 9. The summed E-state index contributed by atoms with van der Waals surface area (Å²) in [6, 6.07) is 0.